The van der Waals surface area contributed by atoms with Crippen molar-refractivity contribution in [3.8, 4) is 0 Å². The molecule has 0 bridgehead atoms. The van der Waals surface area contributed by atoms with Gasteiger partial charge in [0.15, 0.2) is 6.29 Å². The highest BCUT2D eigenvalue weighted by atomic mass is 16.6. The molecule has 0 radical (unpaired) electrons. The Hall–Kier alpha value is -0.160. The van der Waals surface area contributed by atoms with Crippen LogP contribution < -0.4 is 5.73 Å². The number of ether oxygens (including phenoxy) is 2. The molecule has 0 amide bonds. The van der Waals surface area contributed by atoms with Gasteiger partial charge in [0.2, 0.25) is 0 Å². The van der Waals surface area contributed by atoms with Crippen LogP contribution >= 0.6 is 0 Å². The van der Waals surface area contributed by atoms with Crippen LogP contribution in [0.4, 0.5) is 0 Å². The van der Waals surface area contributed by atoms with Crippen LogP contribution in [0.15, 0.2) is 0 Å². The second-order valence-corrected chi connectivity index (χ2v) is 3.54. The molecule has 0 aromatic heterocycles. The molecule has 0 saturated carbocycles. The van der Waals surface area contributed by atoms with E-state index in [1.165, 1.54) is 0 Å². The van der Waals surface area contributed by atoms with Crippen molar-refractivity contribution in [2.45, 2.75) is 44.3 Å². The van der Waals surface area contributed by atoms with Crippen molar-refractivity contribution in [3.05, 3.63) is 0 Å². The number of methoxy groups -OCH3 is 1. The fourth-order valence-corrected chi connectivity index (χ4v) is 1.58. The van der Waals surface area contributed by atoms with Crippen molar-refractivity contribution < 1.29 is 14.6 Å². The second-order valence-electron chi connectivity index (χ2n) is 3.54. The van der Waals surface area contributed by atoms with Gasteiger partial charge in [-0.3, -0.25) is 0 Å². The van der Waals surface area contributed by atoms with Gasteiger partial charge in [0.1, 0.15) is 0 Å². The van der Waals surface area contributed by atoms with Crippen molar-refractivity contribution in [2.75, 3.05) is 7.11 Å². The van der Waals surface area contributed by atoms with Gasteiger partial charge in [0.05, 0.1) is 17.7 Å². The molecule has 0 aromatic rings. The summed E-state index contributed by atoms with van der Waals surface area (Å²) < 4.78 is 10.4. The summed E-state index contributed by atoms with van der Waals surface area (Å²) in [6, 6.07) is -0.189. The van der Waals surface area contributed by atoms with Crippen molar-refractivity contribution in [1.82, 2.24) is 0 Å². The topological polar surface area (TPSA) is 64.7 Å². The molecule has 0 spiro atoms. The molecule has 1 rings (SSSR count). The number of hydrogen-bond donors (Lipinski definition) is 2. The minimum absolute atomic E-state index is 0.168. The third-order valence-corrected chi connectivity index (χ3v) is 2.63. The molecule has 0 aromatic carbocycles. The Morgan fingerprint density at radius 1 is 1.67 bits per heavy atom. The minimum Gasteiger partial charge on any atom is -0.377 e. The van der Waals surface area contributed by atoms with E-state index in [1.807, 2.05) is 13.8 Å². The van der Waals surface area contributed by atoms with E-state index in [2.05, 4.69) is 0 Å². The first-order chi connectivity index (χ1) is 5.49. The van der Waals surface area contributed by atoms with Crippen LogP contribution in [0.25, 0.3) is 0 Å². The molecule has 1 aliphatic rings. The Morgan fingerprint density at radius 2 is 2.25 bits per heavy atom. The van der Waals surface area contributed by atoms with Crippen LogP contribution in [0.1, 0.15) is 20.3 Å². The summed E-state index contributed by atoms with van der Waals surface area (Å²) in [5.41, 5.74) is 5.39. The van der Waals surface area contributed by atoms with Crippen LogP contribution in [0, 0.1) is 0 Å². The van der Waals surface area contributed by atoms with E-state index in [-0.39, 0.29) is 12.1 Å². The molecule has 1 aliphatic heterocycles. The summed E-state index contributed by atoms with van der Waals surface area (Å²) in [4.78, 5) is 0. The molecule has 72 valence electrons. The maximum Gasteiger partial charge on any atom is 0.157 e. The molecule has 1 saturated heterocycles. The van der Waals surface area contributed by atoms with E-state index in [4.69, 9.17) is 15.2 Å². The first kappa shape index (κ1) is 9.92. The first-order valence-corrected chi connectivity index (χ1v) is 4.14. The lowest BCUT2D eigenvalue weighted by Gasteiger charge is -2.43. The molecule has 0 aliphatic carbocycles. The Bertz CT molecular complexity index is 164. The molecule has 0 unspecified atom stereocenters. The number of aliphatic hydroxyl groups is 1. The summed E-state index contributed by atoms with van der Waals surface area (Å²) in [7, 11) is 1.60. The van der Waals surface area contributed by atoms with Crippen LogP contribution in [0.5, 0.6) is 0 Å². The molecule has 4 atom stereocenters. The van der Waals surface area contributed by atoms with Gasteiger partial charge in [-0.05, 0) is 13.8 Å². The lowest BCUT2D eigenvalue weighted by Crippen LogP contribution is -2.60. The predicted octanol–water partition coefficient (Wildman–Crippen LogP) is -0.154. The van der Waals surface area contributed by atoms with Gasteiger partial charge in [-0.15, -0.1) is 0 Å². The van der Waals surface area contributed by atoms with Crippen LogP contribution in [0.3, 0.4) is 0 Å². The monoisotopic (exact) mass is 175 g/mol. The molecule has 1 fully saturated rings. The van der Waals surface area contributed by atoms with Gasteiger partial charge in [-0.1, -0.05) is 0 Å². The van der Waals surface area contributed by atoms with Gasteiger partial charge in [-0.2, -0.15) is 0 Å². The van der Waals surface area contributed by atoms with Crippen LogP contribution in [-0.2, 0) is 9.47 Å². The first-order valence-electron chi connectivity index (χ1n) is 4.14. The Balaban J connectivity index is 2.72. The smallest absolute Gasteiger partial charge is 0.157 e. The zero-order valence-corrected chi connectivity index (χ0v) is 7.78. The molecule has 12 heavy (non-hydrogen) atoms. The normalized spacial score (nSPS) is 49.2. The molecule has 4 heteroatoms. The van der Waals surface area contributed by atoms with Crippen molar-refractivity contribution >= 4 is 0 Å². The van der Waals surface area contributed by atoms with Gasteiger partial charge in [0.25, 0.3) is 0 Å². The van der Waals surface area contributed by atoms with Gasteiger partial charge in [0, 0.05) is 13.5 Å². The number of rotatable bonds is 1. The lowest BCUT2D eigenvalue weighted by molar-refractivity contribution is -0.224. The quantitative estimate of drug-likeness (QED) is 0.581. The summed E-state index contributed by atoms with van der Waals surface area (Å²) in [6.07, 6.45) is -0.502. The minimum atomic E-state index is -0.759. The van der Waals surface area contributed by atoms with E-state index in [1.54, 1.807) is 7.11 Å². The summed E-state index contributed by atoms with van der Waals surface area (Å²) in [5.74, 6) is 0. The zero-order chi connectivity index (χ0) is 9.35. The summed E-state index contributed by atoms with van der Waals surface area (Å²) in [6.45, 7) is 3.73. The number of hydrogen-bond acceptors (Lipinski definition) is 4. The highest BCUT2D eigenvalue weighted by Gasteiger charge is 2.42. The lowest BCUT2D eigenvalue weighted by atomic mass is 9.87. The van der Waals surface area contributed by atoms with Crippen molar-refractivity contribution in [3.63, 3.8) is 0 Å². The third kappa shape index (κ3) is 1.61. The standard InChI is InChI=1S/C8H17NO3/c1-5-7(9)8(2,11-3)4-6(10)12-5/h5-7,10H,4,9H2,1-3H3/t5-,6+,7+,8+/m0/s1. The van der Waals surface area contributed by atoms with Crippen LogP contribution in [-0.4, -0.2) is 36.3 Å². The number of nitrogens with two attached hydrogens (primary N) is 1. The summed E-state index contributed by atoms with van der Waals surface area (Å²) in [5, 5.41) is 9.31. The van der Waals surface area contributed by atoms with E-state index >= 15 is 0 Å². The zero-order valence-electron chi connectivity index (χ0n) is 7.78. The van der Waals surface area contributed by atoms with E-state index < -0.39 is 11.9 Å². The Labute approximate surface area is 72.6 Å². The predicted molar refractivity (Wildman–Crippen MR) is 44.6 cm³/mol. The largest absolute Gasteiger partial charge is 0.377 e. The molecule has 4 nitrogen and oxygen atoms in total. The van der Waals surface area contributed by atoms with E-state index in [9.17, 15) is 5.11 Å². The van der Waals surface area contributed by atoms with Crippen molar-refractivity contribution in [1.29, 1.82) is 0 Å². The van der Waals surface area contributed by atoms with Gasteiger partial charge in [-0.25, -0.2) is 0 Å². The van der Waals surface area contributed by atoms with Gasteiger partial charge < -0.3 is 20.3 Å². The highest BCUT2D eigenvalue weighted by molar-refractivity contribution is 4.94. The maximum atomic E-state index is 9.31. The Kier molecular flexibility index (Phi) is 2.73. The highest BCUT2D eigenvalue weighted by Crippen LogP contribution is 2.29. The van der Waals surface area contributed by atoms with E-state index in [0.717, 1.165) is 0 Å². The maximum absolute atomic E-state index is 9.31. The van der Waals surface area contributed by atoms with Gasteiger partial charge >= 0.3 is 0 Å². The molecular formula is C8H17NO3. The molecular weight excluding hydrogens is 158 g/mol. The SMILES string of the molecule is CO[C@]1(C)C[C@H](O)O[C@@H](C)[C@H]1N. The fourth-order valence-electron chi connectivity index (χ4n) is 1.58. The third-order valence-electron chi connectivity index (χ3n) is 2.63. The fraction of sp³-hybridized carbons (Fsp3) is 1.00. The van der Waals surface area contributed by atoms with E-state index in [0.29, 0.717) is 6.42 Å². The molecule has 1 heterocycles. The average molecular weight is 175 g/mol. The Morgan fingerprint density at radius 3 is 2.75 bits per heavy atom. The average Bonchev–Trinajstić information content (AvgIpc) is 2.00. The van der Waals surface area contributed by atoms with Crippen molar-refractivity contribution in [2.24, 2.45) is 5.73 Å². The van der Waals surface area contributed by atoms with Crippen LogP contribution in [0.2, 0.25) is 0 Å². The molecule has 3 N–H and O–H groups in total. The summed E-state index contributed by atoms with van der Waals surface area (Å²) >= 11 is 0. The second kappa shape index (κ2) is 3.30. The number of aliphatic hydroxyl groups excluding tert-OH is 1.